The lowest BCUT2D eigenvalue weighted by molar-refractivity contribution is 1.03. The topological polar surface area (TPSA) is 26.0 Å². The van der Waals surface area contributed by atoms with Gasteiger partial charge in [0.2, 0.25) is 0 Å². The van der Waals surface area contributed by atoms with Gasteiger partial charge in [-0.15, -0.1) is 0 Å². The molecule has 1 nitrogen and oxygen atoms in total. The summed E-state index contributed by atoms with van der Waals surface area (Å²) in [6, 6.07) is 3.67. The Bertz CT molecular complexity index is 284. The highest BCUT2D eigenvalue weighted by Crippen LogP contribution is 2.28. The third kappa shape index (κ3) is 1.74. The van der Waals surface area contributed by atoms with Gasteiger partial charge in [-0.2, -0.15) is 0 Å². The Labute approximate surface area is 82.5 Å². The molecule has 2 N–H and O–H groups in total. The van der Waals surface area contributed by atoms with Gasteiger partial charge in [-0.3, -0.25) is 0 Å². The van der Waals surface area contributed by atoms with E-state index in [0.717, 1.165) is 11.1 Å². The van der Waals surface area contributed by atoms with Crippen LogP contribution in [0.2, 0.25) is 10.0 Å². The van der Waals surface area contributed by atoms with E-state index >= 15 is 0 Å². The van der Waals surface area contributed by atoms with Gasteiger partial charge in [0.15, 0.2) is 0 Å². The first-order valence-electron chi connectivity index (χ1n) is 3.65. The first-order valence-corrected chi connectivity index (χ1v) is 4.41. The normalized spacial score (nSPS) is 10.3. The van der Waals surface area contributed by atoms with Crippen LogP contribution in [0.15, 0.2) is 12.1 Å². The van der Waals surface area contributed by atoms with Crippen molar-refractivity contribution >= 4 is 23.2 Å². The van der Waals surface area contributed by atoms with E-state index in [4.69, 9.17) is 28.9 Å². The summed E-state index contributed by atoms with van der Waals surface area (Å²) in [6.45, 7) is 4.19. The zero-order chi connectivity index (χ0) is 9.14. The highest BCUT2D eigenvalue weighted by atomic mass is 35.5. The van der Waals surface area contributed by atoms with Crippen molar-refractivity contribution in [2.45, 2.75) is 13.0 Å². The lowest BCUT2D eigenvalue weighted by Gasteiger charge is -2.08. The van der Waals surface area contributed by atoms with E-state index in [0.29, 0.717) is 23.0 Å². The lowest BCUT2D eigenvalue weighted by atomic mass is 10.1. The Morgan fingerprint density at radius 1 is 1.33 bits per heavy atom. The van der Waals surface area contributed by atoms with Gasteiger partial charge in [-0.1, -0.05) is 29.3 Å². The van der Waals surface area contributed by atoms with E-state index in [9.17, 15) is 0 Å². The highest BCUT2D eigenvalue weighted by Gasteiger charge is 2.07. The SMILES string of the molecule is [CH2]Cc1ccc(Cl)c(Cl)c1CN. The molecule has 1 aromatic carbocycles. The van der Waals surface area contributed by atoms with Crippen LogP contribution in [0, 0.1) is 6.92 Å². The van der Waals surface area contributed by atoms with Crippen LogP contribution < -0.4 is 5.73 Å². The second-order valence-electron chi connectivity index (χ2n) is 2.45. The standard InChI is InChI=1S/C9H10Cl2N/c1-2-6-3-4-8(10)9(11)7(6)5-12/h3-4H,1-2,5,12H2. The molecule has 12 heavy (non-hydrogen) atoms. The summed E-state index contributed by atoms with van der Waals surface area (Å²) in [4.78, 5) is 0. The van der Waals surface area contributed by atoms with Gasteiger partial charge in [0, 0.05) is 6.54 Å². The van der Waals surface area contributed by atoms with Crippen molar-refractivity contribution < 1.29 is 0 Å². The summed E-state index contributed by atoms with van der Waals surface area (Å²) in [6.07, 6.45) is 0.684. The molecule has 0 aliphatic rings. The van der Waals surface area contributed by atoms with Crippen LogP contribution in [0.3, 0.4) is 0 Å². The third-order valence-corrected chi connectivity index (χ3v) is 2.61. The van der Waals surface area contributed by atoms with Gasteiger partial charge in [0.25, 0.3) is 0 Å². The number of rotatable bonds is 2. The van der Waals surface area contributed by atoms with Gasteiger partial charge in [-0.05, 0) is 30.5 Å². The van der Waals surface area contributed by atoms with Crippen LogP contribution in [-0.4, -0.2) is 0 Å². The molecule has 1 rings (SSSR count). The van der Waals surface area contributed by atoms with Gasteiger partial charge in [-0.25, -0.2) is 0 Å². The van der Waals surface area contributed by atoms with Crippen molar-refractivity contribution in [3.8, 4) is 0 Å². The summed E-state index contributed by atoms with van der Waals surface area (Å²) in [5.74, 6) is 0. The summed E-state index contributed by atoms with van der Waals surface area (Å²) in [5.41, 5.74) is 7.49. The fraction of sp³-hybridized carbons (Fsp3) is 0.222. The minimum Gasteiger partial charge on any atom is -0.326 e. The quantitative estimate of drug-likeness (QED) is 0.785. The average Bonchev–Trinajstić information content (AvgIpc) is 2.09. The highest BCUT2D eigenvalue weighted by molar-refractivity contribution is 6.42. The molecule has 0 aliphatic heterocycles. The fourth-order valence-electron chi connectivity index (χ4n) is 1.09. The Morgan fingerprint density at radius 3 is 2.50 bits per heavy atom. The number of hydrogen-bond donors (Lipinski definition) is 1. The molecular formula is C9H10Cl2N. The van der Waals surface area contributed by atoms with Crippen molar-refractivity contribution in [2.75, 3.05) is 0 Å². The summed E-state index contributed by atoms with van der Waals surface area (Å²) >= 11 is 11.8. The van der Waals surface area contributed by atoms with Gasteiger partial charge < -0.3 is 5.73 Å². The molecule has 0 bridgehead atoms. The largest absolute Gasteiger partial charge is 0.326 e. The maximum Gasteiger partial charge on any atom is 0.0639 e. The monoisotopic (exact) mass is 202 g/mol. The Morgan fingerprint density at radius 2 is 2.00 bits per heavy atom. The predicted molar refractivity (Wildman–Crippen MR) is 53.4 cm³/mol. The molecule has 0 heterocycles. The fourth-order valence-corrected chi connectivity index (χ4v) is 1.53. The zero-order valence-corrected chi connectivity index (χ0v) is 8.12. The van der Waals surface area contributed by atoms with Crippen LogP contribution in [0.25, 0.3) is 0 Å². The second kappa shape index (κ2) is 4.13. The number of nitrogens with two attached hydrogens (primary N) is 1. The van der Waals surface area contributed by atoms with Gasteiger partial charge >= 0.3 is 0 Å². The van der Waals surface area contributed by atoms with E-state index in [-0.39, 0.29) is 0 Å². The van der Waals surface area contributed by atoms with E-state index in [1.807, 2.05) is 6.07 Å². The molecule has 0 aromatic heterocycles. The molecule has 0 unspecified atom stereocenters. The van der Waals surface area contributed by atoms with Crippen molar-refractivity contribution in [2.24, 2.45) is 5.73 Å². The third-order valence-electron chi connectivity index (χ3n) is 1.77. The van der Waals surface area contributed by atoms with E-state index in [2.05, 4.69) is 6.92 Å². The summed E-state index contributed by atoms with van der Waals surface area (Å²) < 4.78 is 0. The first kappa shape index (κ1) is 9.85. The van der Waals surface area contributed by atoms with Gasteiger partial charge in [0.05, 0.1) is 10.0 Å². The molecule has 0 amide bonds. The molecular weight excluding hydrogens is 193 g/mol. The minimum atomic E-state index is 0.407. The van der Waals surface area contributed by atoms with E-state index < -0.39 is 0 Å². The maximum absolute atomic E-state index is 5.94. The van der Waals surface area contributed by atoms with Crippen molar-refractivity contribution in [1.82, 2.24) is 0 Å². The second-order valence-corrected chi connectivity index (χ2v) is 3.24. The first-order chi connectivity index (χ1) is 5.70. The molecule has 0 spiro atoms. The zero-order valence-electron chi connectivity index (χ0n) is 6.61. The predicted octanol–water partition coefficient (Wildman–Crippen LogP) is 2.83. The van der Waals surface area contributed by atoms with Crippen LogP contribution >= 0.6 is 23.2 Å². The number of hydrogen-bond acceptors (Lipinski definition) is 1. The number of halogens is 2. The smallest absolute Gasteiger partial charge is 0.0639 e. The summed E-state index contributed by atoms with van der Waals surface area (Å²) in [5, 5.41) is 1.11. The minimum absolute atomic E-state index is 0.407. The molecule has 0 atom stereocenters. The molecule has 3 heteroatoms. The van der Waals surface area contributed by atoms with E-state index in [1.165, 1.54) is 0 Å². The van der Waals surface area contributed by atoms with Crippen molar-refractivity contribution in [3.63, 3.8) is 0 Å². The summed E-state index contributed by atoms with van der Waals surface area (Å²) in [7, 11) is 0. The number of benzene rings is 1. The van der Waals surface area contributed by atoms with Crippen LogP contribution in [0.5, 0.6) is 0 Å². The molecule has 0 fully saturated rings. The Kier molecular flexibility index (Phi) is 3.39. The molecule has 0 saturated heterocycles. The van der Waals surface area contributed by atoms with Gasteiger partial charge in [0.1, 0.15) is 0 Å². The molecule has 1 radical (unpaired) electrons. The average molecular weight is 203 g/mol. The Balaban J connectivity index is 3.25. The molecule has 1 aromatic rings. The van der Waals surface area contributed by atoms with Crippen molar-refractivity contribution in [3.05, 3.63) is 40.2 Å². The Hall–Kier alpha value is -0.240. The molecule has 65 valence electrons. The molecule has 0 saturated carbocycles. The van der Waals surface area contributed by atoms with Crippen LogP contribution in [0.1, 0.15) is 11.1 Å². The van der Waals surface area contributed by atoms with Crippen molar-refractivity contribution in [1.29, 1.82) is 0 Å². The maximum atomic E-state index is 5.94. The van der Waals surface area contributed by atoms with Crippen LogP contribution in [-0.2, 0) is 13.0 Å². The molecule has 0 aliphatic carbocycles. The van der Waals surface area contributed by atoms with Crippen LogP contribution in [0.4, 0.5) is 0 Å². The lowest BCUT2D eigenvalue weighted by Crippen LogP contribution is -2.02. The van der Waals surface area contributed by atoms with E-state index in [1.54, 1.807) is 6.07 Å².